The van der Waals surface area contributed by atoms with Crippen molar-refractivity contribution in [3.63, 3.8) is 0 Å². The fourth-order valence-corrected chi connectivity index (χ4v) is 2.72. The summed E-state index contributed by atoms with van der Waals surface area (Å²) < 4.78 is 4.70. The van der Waals surface area contributed by atoms with Crippen LogP contribution in [0.4, 0.5) is 0 Å². The monoisotopic (exact) mass is 256 g/mol. The molecule has 18 heavy (non-hydrogen) atoms. The molecule has 4 heteroatoms. The van der Waals surface area contributed by atoms with Gasteiger partial charge in [0, 0.05) is 6.04 Å². The molecule has 0 radical (unpaired) electrons. The van der Waals surface area contributed by atoms with E-state index >= 15 is 0 Å². The average Bonchev–Trinajstić information content (AvgIpc) is 2.87. The Kier molecular flexibility index (Phi) is 6.09. The van der Waals surface area contributed by atoms with Gasteiger partial charge in [0.1, 0.15) is 5.54 Å². The predicted octanol–water partition coefficient (Wildman–Crippen LogP) is 1.92. The number of methoxy groups -OCH3 is 1. The zero-order chi connectivity index (χ0) is 13.6. The lowest BCUT2D eigenvalue weighted by molar-refractivity contribution is -0.146. The quantitative estimate of drug-likeness (QED) is 0.558. The Morgan fingerprint density at radius 1 is 1.39 bits per heavy atom. The maximum Gasteiger partial charge on any atom is 0.325 e. The van der Waals surface area contributed by atoms with Crippen molar-refractivity contribution >= 4 is 5.97 Å². The van der Waals surface area contributed by atoms with Crippen LogP contribution in [0.25, 0.3) is 0 Å². The van der Waals surface area contributed by atoms with Gasteiger partial charge in [-0.2, -0.15) is 0 Å². The molecule has 1 fully saturated rings. The van der Waals surface area contributed by atoms with Crippen molar-refractivity contribution in [1.82, 2.24) is 4.90 Å². The number of carbonyl (C=O) groups is 1. The minimum Gasteiger partial charge on any atom is -0.468 e. The summed E-state index contributed by atoms with van der Waals surface area (Å²) >= 11 is 0. The van der Waals surface area contributed by atoms with Gasteiger partial charge in [0.25, 0.3) is 0 Å². The van der Waals surface area contributed by atoms with E-state index in [-0.39, 0.29) is 5.97 Å². The first-order chi connectivity index (χ1) is 8.47. The molecule has 0 aliphatic heterocycles. The molecule has 1 saturated carbocycles. The number of hydrogen-bond acceptors (Lipinski definition) is 4. The van der Waals surface area contributed by atoms with E-state index in [1.807, 2.05) is 0 Å². The summed E-state index contributed by atoms with van der Waals surface area (Å²) in [6.45, 7) is 2.85. The summed E-state index contributed by atoms with van der Waals surface area (Å²) in [7, 11) is 3.60. The van der Waals surface area contributed by atoms with Gasteiger partial charge < -0.3 is 15.4 Å². The topological polar surface area (TPSA) is 55.6 Å². The third kappa shape index (κ3) is 4.58. The fourth-order valence-electron chi connectivity index (χ4n) is 2.72. The Morgan fingerprint density at radius 2 is 2.00 bits per heavy atom. The van der Waals surface area contributed by atoms with Gasteiger partial charge >= 0.3 is 5.97 Å². The highest BCUT2D eigenvalue weighted by atomic mass is 16.5. The van der Waals surface area contributed by atoms with Crippen molar-refractivity contribution in [2.75, 3.05) is 20.7 Å². The number of unbranched alkanes of at least 4 members (excludes halogenated alkanes) is 1. The molecule has 1 unspecified atom stereocenters. The van der Waals surface area contributed by atoms with E-state index in [0.29, 0.717) is 6.42 Å². The SMILES string of the molecule is COC(=O)C(C)(N)CCCCN(C)C1CCCC1. The normalized spacial score (nSPS) is 20.1. The van der Waals surface area contributed by atoms with E-state index in [4.69, 9.17) is 10.5 Å². The van der Waals surface area contributed by atoms with E-state index in [2.05, 4.69) is 11.9 Å². The molecule has 1 atom stereocenters. The third-order valence-electron chi connectivity index (χ3n) is 4.06. The van der Waals surface area contributed by atoms with Crippen molar-refractivity contribution in [2.24, 2.45) is 5.73 Å². The van der Waals surface area contributed by atoms with Gasteiger partial charge in [-0.25, -0.2) is 0 Å². The molecule has 0 amide bonds. The van der Waals surface area contributed by atoms with E-state index in [1.54, 1.807) is 6.92 Å². The van der Waals surface area contributed by atoms with Crippen molar-refractivity contribution in [1.29, 1.82) is 0 Å². The van der Waals surface area contributed by atoms with Gasteiger partial charge in [-0.15, -0.1) is 0 Å². The van der Waals surface area contributed by atoms with Crippen LogP contribution in [0.3, 0.4) is 0 Å². The van der Waals surface area contributed by atoms with E-state index in [9.17, 15) is 4.79 Å². The maximum absolute atomic E-state index is 11.4. The van der Waals surface area contributed by atoms with Gasteiger partial charge in [-0.1, -0.05) is 12.8 Å². The molecule has 0 saturated heterocycles. The first-order valence-corrected chi connectivity index (χ1v) is 7.05. The van der Waals surface area contributed by atoms with Crippen LogP contribution in [0.5, 0.6) is 0 Å². The Morgan fingerprint density at radius 3 is 2.56 bits per heavy atom. The molecule has 0 heterocycles. The molecule has 1 rings (SSSR count). The van der Waals surface area contributed by atoms with Crippen molar-refractivity contribution in [3.05, 3.63) is 0 Å². The minimum atomic E-state index is -0.833. The standard InChI is InChI=1S/C14H28N2O2/c1-14(15,13(17)18-3)10-6-7-11-16(2)12-8-4-5-9-12/h12H,4-11,15H2,1-3H3. The van der Waals surface area contributed by atoms with Crippen LogP contribution >= 0.6 is 0 Å². The summed E-state index contributed by atoms with van der Waals surface area (Å²) in [6.07, 6.45) is 8.19. The molecule has 106 valence electrons. The van der Waals surface area contributed by atoms with Crippen LogP contribution in [-0.4, -0.2) is 43.2 Å². The number of hydrogen-bond donors (Lipinski definition) is 1. The molecule has 0 spiro atoms. The number of rotatable bonds is 7. The van der Waals surface area contributed by atoms with Crippen LogP contribution in [0.2, 0.25) is 0 Å². The molecule has 0 aromatic heterocycles. The van der Waals surface area contributed by atoms with Crippen LogP contribution in [-0.2, 0) is 9.53 Å². The lowest BCUT2D eigenvalue weighted by Crippen LogP contribution is -2.45. The molecule has 0 aromatic rings. The highest BCUT2D eigenvalue weighted by molar-refractivity contribution is 5.79. The zero-order valence-corrected chi connectivity index (χ0v) is 12.1. The van der Waals surface area contributed by atoms with Crippen LogP contribution in [0, 0.1) is 0 Å². The van der Waals surface area contributed by atoms with E-state index in [0.717, 1.165) is 25.4 Å². The Hall–Kier alpha value is -0.610. The first-order valence-electron chi connectivity index (χ1n) is 7.05. The molecule has 1 aliphatic carbocycles. The highest BCUT2D eigenvalue weighted by Gasteiger charge is 2.28. The summed E-state index contributed by atoms with van der Waals surface area (Å²) in [5.74, 6) is -0.313. The number of nitrogens with zero attached hydrogens (tertiary/aromatic N) is 1. The minimum absolute atomic E-state index is 0.313. The van der Waals surface area contributed by atoms with Crippen LogP contribution < -0.4 is 5.73 Å². The smallest absolute Gasteiger partial charge is 0.325 e. The van der Waals surface area contributed by atoms with Gasteiger partial charge in [-0.3, -0.25) is 4.79 Å². The number of nitrogens with two attached hydrogens (primary N) is 1. The van der Waals surface area contributed by atoms with Crippen molar-refractivity contribution < 1.29 is 9.53 Å². The van der Waals surface area contributed by atoms with E-state index < -0.39 is 5.54 Å². The summed E-state index contributed by atoms with van der Waals surface area (Å²) in [6, 6.07) is 0.773. The van der Waals surface area contributed by atoms with Crippen LogP contribution in [0.1, 0.15) is 51.9 Å². The highest BCUT2D eigenvalue weighted by Crippen LogP contribution is 2.22. The number of esters is 1. The first kappa shape index (κ1) is 15.4. The Labute approximate surface area is 111 Å². The number of ether oxygens (including phenoxy) is 1. The molecular formula is C14H28N2O2. The average molecular weight is 256 g/mol. The number of carbonyl (C=O) groups excluding carboxylic acids is 1. The van der Waals surface area contributed by atoms with Crippen molar-refractivity contribution in [2.45, 2.75) is 63.5 Å². The van der Waals surface area contributed by atoms with E-state index in [1.165, 1.54) is 32.8 Å². The van der Waals surface area contributed by atoms with Gasteiger partial charge in [0.2, 0.25) is 0 Å². The molecule has 0 aromatic carbocycles. The van der Waals surface area contributed by atoms with Gasteiger partial charge in [-0.05, 0) is 52.6 Å². The largest absolute Gasteiger partial charge is 0.468 e. The second kappa shape index (κ2) is 7.10. The summed E-state index contributed by atoms with van der Waals surface area (Å²) in [4.78, 5) is 13.9. The second-order valence-electron chi connectivity index (χ2n) is 5.79. The lowest BCUT2D eigenvalue weighted by Gasteiger charge is -2.25. The molecule has 2 N–H and O–H groups in total. The summed E-state index contributed by atoms with van der Waals surface area (Å²) in [5, 5.41) is 0. The zero-order valence-electron chi connectivity index (χ0n) is 12.1. The Bertz CT molecular complexity index is 261. The molecule has 4 nitrogen and oxygen atoms in total. The van der Waals surface area contributed by atoms with Crippen molar-refractivity contribution in [3.8, 4) is 0 Å². The van der Waals surface area contributed by atoms with Gasteiger partial charge in [0.05, 0.1) is 7.11 Å². The summed E-state index contributed by atoms with van der Waals surface area (Å²) in [5.41, 5.74) is 5.09. The second-order valence-corrected chi connectivity index (χ2v) is 5.79. The fraction of sp³-hybridized carbons (Fsp3) is 0.929. The molecule has 0 bridgehead atoms. The Balaban J connectivity index is 2.16. The maximum atomic E-state index is 11.4. The van der Waals surface area contributed by atoms with Gasteiger partial charge in [0.15, 0.2) is 0 Å². The predicted molar refractivity (Wildman–Crippen MR) is 73.3 cm³/mol. The van der Waals surface area contributed by atoms with Crippen LogP contribution in [0.15, 0.2) is 0 Å². The molecule has 1 aliphatic rings. The molecular weight excluding hydrogens is 228 g/mol. The lowest BCUT2D eigenvalue weighted by atomic mass is 9.96. The third-order valence-corrected chi connectivity index (χ3v) is 4.06.